The Bertz CT molecular complexity index is 308. The average Bonchev–Trinajstić information content (AvgIpc) is 2.49. The Hall–Kier alpha value is -0.640. The van der Waals surface area contributed by atoms with Crippen LogP contribution in [-0.2, 0) is 11.8 Å². The van der Waals surface area contributed by atoms with Crippen LogP contribution in [-0.4, -0.2) is 20.4 Å². The number of aromatic nitrogens is 2. The van der Waals surface area contributed by atoms with E-state index in [9.17, 15) is 4.79 Å². The van der Waals surface area contributed by atoms with Crippen molar-refractivity contribution < 1.29 is 4.79 Å². The maximum atomic E-state index is 11.1. The van der Waals surface area contributed by atoms with Crippen LogP contribution in [0.25, 0.3) is 0 Å². The summed E-state index contributed by atoms with van der Waals surface area (Å²) in [5.74, 6) is 0.322. The van der Waals surface area contributed by atoms with Crippen molar-refractivity contribution in [3.63, 3.8) is 0 Å². The second kappa shape index (κ2) is 4.05. The predicted molar refractivity (Wildman–Crippen MR) is 55.0 cm³/mol. The summed E-state index contributed by atoms with van der Waals surface area (Å²) < 4.78 is 1.74. The number of nitrogens with zero attached hydrogens (tertiary/aromatic N) is 2. The van der Waals surface area contributed by atoms with Gasteiger partial charge in [0.25, 0.3) is 0 Å². The van der Waals surface area contributed by atoms with E-state index in [1.165, 1.54) is 0 Å². The normalized spacial score (nSPS) is 15.4. The Morgan fingerprint density at radius 3 is 2.69 bits per heavy atom. The quantitative estimate of drug-likeness (QED) is 0.762. The van der Waals surface area contributed by atoms with Crippen LogP contribution < -0.4 is 0 Å². The van der Waals surface area contributed by atoms with Crippen LogP contribution in [0.3, 0.4) is 0 Å². The summed E-state index contributed by atoms with van der Waals surface area (Å²) >= 11 is 3.37. The van der Waals surface area contributed by atoms with E-state index in [4.69, 9.17) is 0 Å². The minimum Gasteiger partial charge on any atom is -0.299 e. The van der Waals surface area contributed by atoms with Crippen molar-refractivity contribution in [3.05, 3.63) is 18.0 Å². The zero-order valence-electron chi connectivity index (χ0n) is 7.99. The molecule has 1 rings (SSSR count). The zero-order chi connectivity index (χ0) is 10.0. The zero-order valence-corrected chi connectivity index (χ0v) is 9.58. The minimum absolute atomic E-state index is 0.114. The van der Waals surface area contributed by atoms with Gasteiger partial charge in [0.15, 0.2) is 0 Å². The Balaban J connectivity index is 2.78. The lowest BCUT2D eigenvalue weighted by atomic mass is 9.99. The Kier molecular flexibility index (Phi) is 3.25. The second-order valence-corrected chi connectivity index (χ2v) is 4.23. The second-order valence-electron chi connectivity index (χ2n) is 3.25. The van der Waals surface area contributed by atoms with Crippen molar-refractivity contribution in [2.24, 2.45) is 7.05 Å². The number of carbonyl (C=O) groups excluding carboxylic acids is 1. The SMILES string of the molecule is CC(=O)C(Br)C(C)c1cnn(C)c1. The van der Waals surface area contributed by atoms with Gasteiger partial charge in [0.05, 0.1) is 11.0 Å². The number of halogens is 1. The molecule has 0 aliphatic heterocycles. The first kappa shape index (κ1) is 10.4. The van der Waals surface area contributed by atoms with Crippen LogP contribution in [0.5, 0.6) is 0 Å². The highest BCUT2D eigenvalue weighted by Crippen LogP contribution is 2.24. The molecule has 1 aromatic rings. The molecule has 0 aliphatic carbocycles. The van der Waals surface area contributed by atoms with Gasteiger partial charge in [0, 0.05) is 19.2 Å². The van der Waals surface area contributed by atoms with Crippen LogP contribution in [0.4, 0.5) is 0 Å². The fourth-order valence-corrected chi connectivity index (χ4v) is 1.50. The summed E-state index contributed by atoms with van der Waals surface area (Å²) in [5.41, 5.74) is 1.08. The molecule has 0 aliphatic rings. The molecule has 3 nitrogen and oxygen atoms in total. The molecule has 0 amide bonds. The lowest BCUT2D eigenvalue weighted by Crippen LogP contribution is -2.17. The first-order valence-electron chi connectivity index (χ1n) is 4.15. The third-order valence-electron chi connectivity index (χ3n) is 2.08. The molecule has 1 aromatic heterocycles. The van der Waals surface area contributed by atoms with Gasteiger partial charge in [-0.1, -0.05) is 22.9 Å². The molecule has 0 aromatic carbocycles. The van der Waals surface area contributed by atoms with Crippen LogP contribution in [0.15, 0.2) is 12.4 Å². The van der Waals surface area contributed by atoms with Crippen molar-refractivity contribution in [2.75, 3.05) is 0 Å². The molecular weight excluding hydrogens is 232 g/mol. The van der Waals surface area contributed by atoms with Gasteiger partial charge >= 0.3 is 0 Å². The minimum atomic E-state index is -0.114. The number of aryl methyl sites for hydroxylation is 1. The summed E-state index contributed by atoms with van der Waals surface area (Å²) in [4.78, 5) is 11.0. The molecule has 0 fully saturated rings. The number of Topliss-reactive ketones (excluding diaryl/α,β-unsaturated/α-hetero) is 1. The van der Waals surface area contributed by atoms with Gasteiger partial charge < -0.3 is 0 Å². The maximum absolute atomic E-state index is 11.1. The summed E-state index contributed by atoms with van der Waals surface area (Å²) in [6.45, 7) is 3.60. The van der Waals surface area contributed by atoms with Gasteiger partial charge in [-0.05, 0) is 12.5 Å². The molecule has 0 bridgehead atoms. The Morgan fingerprint density at radius 2 is 2.31 bits per heavy atom. The maximum Gasteiger partial charge on any atom is 0.144 e. The average molecular weight is 245 g/mol. The topological polar surface area (TPSA) is 34.9 Å². The summed E-state index contributed by atoms with van der Waals surface area (Å²) in [7, 11) is 1.87. The van der Waals surface area contributed by atoms with E-state index < -0.39 is 0 Å². The molecule has 2 unspecified atom stereocenters. The van der Waals surface area contributed by atoms with Crippen molar-refractivity contribution in [2.45, 2.75) is 24.6 Å². The molecule has 72 valence electrons. The Morgan fingerprint density at radius 1 is 1.69 bits per heavy atom. The first-order valence-corrected chi connectivity index (χ1v) is 5.07. The van der Waals surface area contributed by atoms with Crippen molar-refractivity contribution in [1.82, 2.24) is 9.78 Å². The third kappa shape index (κ3) is 2.40. The van der Waals surface area contributed by atoms with E-state index in [-0.39, 0.29) is 16.5 Å². The largest absolute Gasteiger partial charge is 0.299 e. The monoisotopic (exact) mass is 244 g/mol. The Labute approximate surface area is 86.3 Å². The highest BCUT2D eigenvalue weighted by Gasteiger charge is 2.20. The van der Waals surface area contributed by atoms with Gasteiger partial charge in [-0.2, -0.15) is 5.10 Å². The smallest absolute Gasteiger partial charge is 0.144 e. The molecule has 0 saturated heterocycles. The van der Waals surface area contributed by atoms with Gasteiger partial charge in [-0.25, -0.2) is 0 Å². The molecule has 0 radical (unpaired) electrons. The van der Waals surface area contributed by atoms with Gasteiger partial charge in [-0.15, -0.1) is 0 Å². The molecule has 1 heterocycles. The van der Waals surface area contributed by atoms with Crippen molar-refractivity contribution in [1.29, 1.82) is 0 Å². The number of hydrogen-bond donors (Lipinski definition) is 0. The molecule has 13 heavy (non-hydrogen) atoms. The van der Waals surface area contributed by atoms with Crippen molar-refractivity contribution in [3.8, 4) is 0 Å². The van der Waals surface area contributed by atoms with E-state index >= 15 is 0 Å². The van der Waals surface area contributed by atoms with E-state index in [1.807, 2.05) is 20.2 Å². The standard InChI is InChI=1S/C9H13BrN2O/c1-6(9(10)7(2)13)8-4-11-12(3)5-8/h4-6,9H,1-3H3. The van der Waals surface area contributed by atoms with E-state index in [0.29, 0.717) is 0 Å². The molecule has 4 heteroatoms. The number of carbonyl (C=O) groups is 1. The van der Waals surface area contributed by atoms with Crippen LogP contribution in [0.1, 0.15) is 25.3 Å². The molecule has 0 N–H and O–H groups in total. The first-order chi connectivity index (χ1) is 6.02. The van der Waals surface area contributed by atoms with Gasteiger partial charge in [0.1, 0.15) is 5.78 Å². The van der Waals surface area contributed by atoms with E-state index in [1.54, 1.807) is 17.8 Å². The summed E-state index contributed by atoms with van der Waals surface area (Å²) in [5, 5.41) is 4.06. The van der Waals surface area contributed by atoms with Crippen LogP contribution in [0, 0.1) is 0 Å². The van der Waals surface area contributed by atoms with Gasteiger partial charge in [-0.3, -0.25) is 9.48 Å². The number of ketones is 1. The fraction of sp³-hybridized carbons (Fsp3) is 0.556. The summed E-state index contributed by atoms with van der Waals surface area (Å²) in [6.07, 6.45) is 3.73. The lowest BCUT2D eigenvalue weighted by molar-refractivity contribution is -0.116. The number of alkyl halides is 1. The summed E-state index contributed by atoms with van der Waals surface area (Å²) in [6, 6.07) is 0. The lowest BCUT2D eigenvalue weighted by Gasteiger charge is -2.13. The molecular formula is C9H13BrN2O. The molecule has 0 saturated carbocycles. The number of hydrogen-bond acceptors (Lipinski definition) is 2. The van der Waals surface area contributed by atoms with E-state index in [2.05, 4.69) is 21.0 Å². The van der Waals surface area contributed by atoms with Crippen LogP contribution >= 0.6 is 15.9 Å². The third-order valence-corrected chi connectivity index (χ3v) is 3.52. The fourth-order valence-electron chi connectivity index (χ4n) is 1.20. The van der Waals surface area contributed by atoms with Crippen LogP contribution in [0.2, 0.25) is 0 Å². The molecule has 0 spiro atoms. The molecule has 2 atom stereocenters. The highest BCUT2D eigenvalue weighted by atomic mass is 79.9. The van der Waals surface area contributed by atoms with Gasteiger partial charge in [0.2, 0.25) is 0 Å². The van der Waals surface area contributed by atoms with E-state index in [0.717, 1.165) is 5.56 Å². The van der Waals surface area contributed by atoms with Crippen molar-refractivity contribution >= 4 is 21.7 Å². The predicted octanol–water partition coefficient (Wildman–Crippen LogP) is 1.88. The highest BCUT2D eigenvalue weighted by molar-refractivity contribution is 9.10. The number of rotatable bonds is 3.